The van der Waals surface area contributed by atoms with Gasteiger partial charge in [0.15, 0.2) is 0 Å². The second-order valence-corrected chi connectivity index (χ2v) is 7.55. The van der Waals surface area contributed by atoms with Gasteiger partial charge in [-0.1, -0.05) is 0 Å². The predicted molar refractivity (Wildman–Crippen MR) is 113 cm³/mol. The lowest BCUT2D eigenvalue weighted by Gasteiger charge is -2.40. The fourth-order valence-electron chi connectivity index (χ4n) is 3.67. The number of ether oxygens (including phenoxy) is 1. The zero-order chi connectivity index (χ0) is 22.6. The van der Waals surface area contributed by atoms with E-state index in [4.69, 9.17) is 9.84 Å². The van der Waals surface area contributed by atoms with Crippen LogP contribution >= 0.6 is 0 Å². The molecule has 2 aromatic rings. The molecule has 2 aromatic heterocycles. The molecule has 1 fully saturated rings. The lowest BCUT2D eigenvalue weighted by atomic mass is 9.92. The molecule has 11 heteroatoms. The van der Waals surface area contributed by atoms with Crippen molar-refractivity contribution in [1.82, 2.24) is 15.3 Å². The molecule has 0 aromatic carbocycles. The maximum absolute atomic E-state index is 12.5. The SMILES string of the molecule is COC1(C)CCN(c2c(C#N)c(=O)[nH]c3cnc(N(C=O)CCNC(=O)O)cc23)CC1. The van der Waals surface area contributed by atoms with Gasteiger partial charge >= 0.3 is 6.09 Å². The topological polar surface area (TPSA) is 152 Å². The molecule has 1 aliphatic heterocycles. The molecular formula is C20H24N6O5. The Morgan fingerprint density at radius 3 is 2.81 bits per heavy atom. The summed E-state index contributed by atoms with van der Waals surface area (Å²) in [5.74, 6) is 0.283. The number of carbonyl (C=O) groups is 2. The van der Waals surface area contributed by atoms with Crippen molar-refractivity contribution in [3.8, 4) is 6.07 Å². The number of nitrogens with zero attached hydrogens (tertiary/aromatic N) is 4. The van der Waals surface area contributed by atoms with Crippen LogP contribution in [0, 0.1) is 11.3 Å². The second kappa shape index (κ2) is 9.01. The number of H-pyrrole nitrogens is 1. The second-order valence-electron chi connectivity index (χ2n) is 7.55. The summed E-state index contributed by atoms with van der Waals surface area (Å²) < 4.78 is 5.59. The van der Waals surface area contributed by atoms with Gasteiger partial charge in [-0.15, -0.1) is 0 Å². The van der Waals surface area contributed by atoms with E-state index in [1.807, 2.05) is 17.9 Å². The van der Waals surface area contributed by atoms with Gasteiger partial charge in [0.2, 0.25) is 6.41 Å². The first-order valence-corrected chi connectivity index (χ1v) is 9.77. The Bertz CT molecular complexity index is 1080. The third kappa shape index (κ3) is 4.59. The van der Waals surface area contributed by atoms with Gasteiger partial charge in [0.1, 0.15) is 17.5 Å². The molecule has 0 bridgehead atoms. The van der Waals surface area contributed by atoms with Crippen LogP contribution in [-0.4, -0.2) is 66.5 Å². The van der Waals surface area contributed by atoms with Gasteiger partial charge in [0.25, 0.3) is 5.56 Å². The Kier molecular flexibility index (Phi) is 6.41. The van der Waals surface area contributed by atoms with E-state index in [0.717, 1.165) is 12.8 Å². The molecule has 0 radical (unpaired) electrons. The van der Waals surface area contributed by atoms with Crippen LogP contribution in [0.2, 0.25) is 0 Å². The summed E-state index contributed by atoms with van der Waals surface area (Å²) in [5, 5.41) is 21.2. The van der Waals surface area contributed by atoms with Crippen molar-refractivity contribution in [3.63, 3.8) is 0 Å². The largest absolute Gasteiger partial charge is 0.465 e. The lowest BCUT2D eigenvalue weighted by molar-refractivity contribution is -0.107. The number of nitrogens with one attached hydrogen (secondary N) is 2. The van der Waals surface area contributed by atoms with Crippen LogP contribution in [-0.2, 0) is 9.53 Å². The Morgan fingerprint density at radius 1 is 1.52 bits per heavy atom. The van der Waals surface area contributed by atoms with E-state index in [1.54, 1.807) is 13.2 Å². The van der Waals surface area contributed by atoms with Gasteiger partial charge in [0.05, 0.1) is 23.0 Å². The van der Waals surface area contributed by atoms with Gasteiger partial charge in [-0.05, 0) is 25.8 Å². The van der Waals surface area contributed by atoms with Crippen LogP contribution in [0.25, 0.3) is 10.9 Å². The summed E-state index contributed by atoms with van der Waals surface area (Å²) in [5.41, 5.74) is 0.168. The molecule has 11 nitrogen and oxygen atoms in total. The van der Waals surface area contributed by atoms with Gasteiger partial charge < -0.3 is 25.0 Å². The minimum atomic E-state index is -1.19. The number of methoxy groups -OCH3 is 1. The zero-order valence-corrected chi connectivity index (χ0v) is 17.3. The number of carbonyl (C=O) groups excluding carboxylic acids is 1. The number of fused-ring (bicyclic) bond motifs is 1. The van der Waals surface area contributed by atoms with Gasteiger partial charge in [-0.25, -0.2) is 9.78 Å². The smallest absolute Gasteiger partial charge is 0.404 e. The zero-order valence-electron chi connectivity index (χ0n) is 17.3. The fourth-order valence-corrected chi connectivity index (χ4v) is 3.67. The van der Waals surface area contributed by atoms with E-state index in [1.165, 1.54) is 11.1 Å². The first-order chi connectivity index (χ1) is 14.8. The van der Waals surface area contributed by atoms with E-state index >= 15 is 0 Å². The third-order valence-electron chi connectivity index (χ3n) is 5.65. The number of anilines is 2. The average molecular weight is 428 g/mol. The van der Waals surface area contributed by atoms with Crippen molar-refractivity contribution in [2.24, 2.45) is 0 Å². The van der Waals surface area contributed by atoms with Crippen LogP contribution in [0.4, 0.5) is 16.3 Å². The number of carboxylic acid groups (broad SMARTS) is 1. The minimum Gasteiger partial charge on any atom is -0.465 e. The van der Waals surface area contributed by atoms with Crippen LogP contribution in [0.1, 0.15) is 25.3 Å². The first-order valence-electron chi connectivity index (χ1n) is 9.77. The van der Waals surface area contributed by atoms with Crippen LogP contribution in [0.3, 0.4) is 0 Å². The molecule has 0 unspecified atom stereocenters. The van der Waals surface area contributed by atoms with Crippen molar-refractivity contribution in [3.05, 3.63) is 28.2 Å². The standard InChI is InChI=1S/C20H24N6O5/c1-20(31-2)3-6-25(7-4-20)17-13-9-16(26(12-27)8-5-22-19(29)30)23-11-15(13)24-18(28)14(17)10-21/h9,11-12,22H,3-8H2,1-2H3,(H,24,28)(H,29,30). The number of rotatable bonds is 7. The molecule has 0 spiro atoms. The molecule has 0 saturated carbocycles. The molecule has 31 heavy (non-hydrogen) atoms. The highest BCUT2D eigenvalue weighted by Crippen LogP contribution is 2.34. The summed E-state index contributed by atoms with van der Waals surface area (Å²) in [6.07, 6.45) is 2.24. The normalized spacial score (nSPS) is 15.3. The highest BCUT2D eigenvalue weighted by molar-refractivity contribution is 5.96. The average Bonchev–Trinajstić information content (AvgIpc) is 2.76. The number of amides is 2. The van der Waals surface area contributed by atoms with Gasteiger partial charge in [-0.2, -0.15) is 5.26 Å². The van der Waals surface area contributed by atoms with Crippen LogP contribution in [0.5, 0.6) is 0 Å². The highest BCUT2D eigenvalue weighted by atomic mass is 16.5. The number of aromatic nitrogens is 2. The Morgan fingerprint density at radius 2 is 2.23 bits per heavy atom. The predicted octanol–water partition coefficient (Wildman–Crippen LogP) is 1.03. The quantitative estimate of drug-likeness (QED) is 0.553. The molecule has 3 rings (SSSR count). The molecule has 0 aliphatic carbocycles. The molecule has 1 saturated heterocycles. The van der Waals surface area contributed by atoms with Crippen LogP contribution in [0.15, 0.2) is 17.1 Å². The van der Waals surface area contributed by atoms with E-state index in [-0.39, 0.29) is 30.1 Å². The van der Waals surface area contributed by atoms with E-state index in [9.17, 15) is 19.6 Å². The number of aromatic amines is 1. The summed E-state index contributed by atoms with van der Waals surface area (Å²) in [6, 6.07) is 3.63. The molecule has 3 N–H and O–H groups in total. The Hall–Kier alpha value is -3.65. The van der Waals surface area contributed by atoms with Crippen molar-refractivity contribution >= 4 is 34.9 Å². The third-order valence-corrected chi connectivity index (χ3v) is 5.65. The molecule has 1 aliphatic rings. The minimum absolute atomic E-state index is 0.00383. The number of hydrogen-bond acceptors (Lipinski definition) is 7. The summed E-state index contributed by atoms with van der Waals surface area (Å²) in [6.45, 7) is 3.32. The van der Waals surface area contributed by atoms with Crippen molar-refractivity contribution < 1.29 is 19.4 Å². The maximum atomic E-state index is 12.5. The monoisotopic (exact) mass is 428 g/mol. The first kappa shape index (κ1) is 22.0. The lowest BCUT2D eigenvalue weighted by Crippen LogP contribution is -2.44. The number of piperidine rings is 1. The summed E-state index contributed by atoms with van der Waals surface area (Å²) in [4.78, 5) is 44.9. The molecule has 0 atom stereocenters. The molecule has 2 amide bonds. The van der Waals surface area contributed by atoms with Gasteiger partial charge in [0, 0.05) is 38.7 Å². The summed E-state index contributed by atoms with van der Waals surface area (Å²) in [7, 11) is 1.67. The van der Waals surface area contributed by atoms with Crippen LogP contribution < -0.4 is 20.7 Å². The fraction of sp³-hybridized carbons (Fsp3) is 0.450. The van der Waals surface area contributed by atoms with Crippen molar-refractivity contribution in [2.45, 2.75) is 25.4 Å². The number of hydrogen-bond donors (Lipinski definition) is 3. The van der Waals surface area contributed by atoms with Crippen molar-refractivity contribution in [2.75, 3.05) is 43.1 Å². The number of pyridine rings is 2. The van der Waals surface area contributed by atoms with E-state index in [2.05, 4.69) is 15.3 Å². The highest BCUT2D eigenvalue weighted by Gasteiger charge is 2.32. The van der Waals surface area contributed by atoms with E-state index < -0.39 is 11.7 Å². The maximum Gasteiger partial charge on any atom is 0.404 e. The van der Waals surface area contributed by atoms with Gasteiger partial charge in [-0.3, -0.25) is 14.5 Å². The summed E-state index contributed by atoms with van der Waals surface area (Å²) >= 11 is 0. The molecule has 164 valence electrons. The van der Waals surface area contributed by atoms with Crippen molar-refractivity contribution in [1.29, 1.82) is 5.26 Å². The van der Waals surface area contributed by atoms with E-state index in [0.29, 0.717) is 36.1 Å². The molecular weight excluding hydrogens is 404 g/mol. The Balaban J connectivity index is 2.04. The Labute approximate surface area is 178 Å². The molecule has 3 heterocycles. The number of nitriles is 1.